The van der Waals surface area contributed by atoms with Gasteiger partial charge >= 0.3 is 0 Å². The van der Waals surface area contributed by atoms with Crippen LogP contribution in [0.4, 0.5) is 0 Å². The molecule has 2 aromatic heterocycles. The minimum absolute atomic E-state index is 0.853. The Morgan fingerprint density at radius 2 is 1.32 bits per heavy atom. The molecule has 50 heavy (non-hydrogen) atoms. The summed E-state index contributed by atoms with van der Waals surface area (Å²) in [5.74, 6) is 1.73. The highest BCUT2D eigenvalue weighted by molar-refractivity contribution is 5.91. The van der Waals surface area contributed by atoms with Crippen molar-refractivity contribution in [3.63, 3.8) is 0 Å². The van der Waals surface area contributed by atoms with Crippen LogP contribution in [0.3, 0.4) is 0 Å². The van der Waals surface area contributed by atoms with Gasteiger partial charge in [-0.15, -0.1) is 10.2 Å². The number of aromatic nitrogens is 4. The molecule has 6 aromatic rings. The number of rotatable bonds is 5. The quantitative estimate of drug-likeness (QED) is 0.187. The lowest BCUT2D eigenvalue weighted by Crippen LogP contribution is -2.12. The van der Waals surface area contributed by atoms with Gasteiger partial charge in [-0.25, -0.2) is 0 Å². The van der Waals surface area contributed by atoms with Gasteiger partial charge in [0.1, 0.15) is 0 Å². The molecule has 0 saturated heterocycles. The smallest absolute Gasteiger partial charge is 0.241 e. The molecule has 10 rings (SSSR count). The van der Waals surface area contributed by atoms with E-state index in [4.69, 9.17) is 10.2 Å². The third kappa shape index (κ3) is 4.89. The van der Waals surface area contributed by atoms with Crippen LogP contribution in [0.5, 0.6) is 0 Å². The van der Waals surface area contributed by atoms with Crippen LogP contribution in [0, 0.1) is 0 Å². The van der Waals surface area contributed by atoms with Crippen molar-refractivity contribution in [1.82, 2.24) is 19.3 Å². The van der Waals surface area contributed by atoms with Gasteiger partial charge in [0.25, 0.3) is 0 Å². The first-order valence-corrected chi connectivity index (χ1v) is 18.1. The minimum Gasteiger partial charge on any atom is -0.278 e. The Morgan fingerprint density at radius 3 is 2.22 bits per heavy atom. The molecule has 0 radical (unpaired) electrons. The number of aryl methyl sites for hydroxylation is 1. The van der Waals surface area contributed by atoms with Crippen LogP contribution < -0.4 is 0 Å². The molecule has 0 atom stereocenters. The first-order chi connectivity index (χ1) is 24.8. The third-order valence-corrected chi connectivity index (χ3v) is 11.1. The van der Waals surface area contributed by atoms with E-state index in [-0.39, 0.29) is 0 Å². The summed E-state index contributed by atoms with van der Waals surface area (Å²) in [6.45, 7) is 0. The summed E-state index contributed by atoms with van der Waals surface area (Å²) >= 11 is 0. The molecular weight excluding hydrogens is 609 g/mol. The second-order valence-corrected chi connectivity index (χ2v) is 14.0. The van der Waals surface area contributed by atoms with Crippen molar-refractivity contribution >= 4 is 33.4 Å². The molecule has 4 aromatic carbocycles. The van der Waals surface area contributed by atoms with Crippen molar-refractivity contribution in [2.45, 2.75) is 51.4 Å². The van der Waals surface area contributed by atoms with Crippen LogP contribution in [-0.2, 0) is 6.42 Å². The van der Waals surface area contributed by atoms with Crippen molar-refractivity contribution in [1.29, 1.82) is 0 Å². The maximum absolute atomic E-state index is 4.99. The summed E-state index contributed by atoms with van der Waals surface area (Å²) in [7, 11) is 0. The highest BCUT2D eigenvalue weighted by Crippen LogP contribution is 2.40. The summed E-state index contributed by atoms with van der Waals surface area (Å²) in [6, 6.07) is 32.9. The molecule has 0 bridgehead atoms. The Bertz CT molecular complexity index is 2520. The zero-order valence-corrected chi connectivity index (χ0v) is 28.1. The van der Waals surface area contributed by atoms with Crippen LogP contribution in [0.1, 0.15) is 56.2 Å². The second-order valence-electron chi connectivity index (χ2n) is 14.0. The van der Waals surface area contributed by atoms with E-state index in [1.807, 2.05) is 0 Å². The zero-order valence-electron chi connectivity index (χ0n) is 28.1. The van der Waals surface area contributed by atoms with Crippen LogP contribution >= 0.6 is 0 Å². The molecule has 2 heterocycles. The van der Waals surface area contributed by atoms with Crippen molar-refractivity contribution in [2.75, 3.05) is 0 Å². The average Bonchev–Trinajstić information content (AvgIpc) is 3.77. The lowest BCUT2D eigenvalue weighted by Gasteiger charge is -2.25. The van der Waals surface area contributed by atoms with Gasteiger partial charge in [-0.3, -0.25) is 9.13 Å². The molecule has 0 aliphatic heterocycles. The van der Waals surface area contributed by atoms with Crippen molar-refractivity contribution in [3.8, 4) is 28.5 Å². The van der Waals surface area contributed by atoms with E-state index in [1.165, 1.54) is 78.5 Å². The van der Waals surface area contributed by atoms with Crippen LogP contribution in [0.2, 0.25) is 0 Å². The Balaban J connectivity index is 1.10. The van der Waals surface area contributed by atoms with Crippen LogP contribution in [0.15, 0.2) is 150 Å². The Kier molecular flexibility index (Phi) is 7.00. The largest absolute Gasteiger partial charge is 0.278 e. The lowest BCUT2D eigenvalue weighted by molar-refractivity contribution is 0.820. The van der Waals surface area contributed by atoms with Gasteiger partial charge in [-0.05, 0) is 125 Å². The van der Waals surface area contributed by atoms with Gasteiger partial charge in [-0.2, -0.15) is 0 Å². The molecule has 0 saturated carbocycles. The number of hydrogen-bond acceptors (Lipinski definition) is 2. The molecule has 0 N–H and O–H groups in total. The van der Waals surface area contributed by atoms with Crippen LogP contribution in [0.25, 0.3) is 61.9 Å². The van der Waals surface area contributed by atoms with Crippen molar-refractivity contribution < 1.29 is 0 Å². The molecule has 242 valence electrons. The standard InChI is InChI=1S/C46H38N4/c1-3-11-36-29-38(23-19-31(36)9-1)33-17-21-35(22-18-33)45-47-48-46(50-43-15-7-5-13-41(43)42-14-6-8-16-44(42)50)49(45)40-27-25-34(26-28-40)39-24-20-32-10-2-4-12-37(32)30-39/h1-3,5,7-11,13,15-19,21-23,25,27,29-30H,4,6,12,14,20,24,26,28H2. The second kappa shape index (κ2) is 12.0. The molecule has 4 nitrogen and oxygen atoms in total. The zero-order chi connectivity index (χ0) is 33.0. The molecule has 4 aliphatic rings. The Hall–Kier alpha value is -5.74. The molecule has 4 aliphatic carbocycles. The van der Waals surface area contributed by atoms with Gasteiger partial charge in [0.15, 0.2) is 5.82 Å². The van der Waals surface area contributed by atoms with E-state index in [0.717, 1.165) is 62.3 Å². The monoisotopic (exact) mass is 646 g/mol. The average molecular weight is 647 g/mol. The van der Waals surface area contributed by atoms with E-state index in [9.17, 15) is 0 Å². The lowest BCUT2D eigenvalue weighted by atomic mass is 9.82. The van der Waals surface area contributed by atoms with Crippen molar-refractivity contribution in [2.24, 2.45) is 0 Å². The van der Waals surface area contributed by atoms with Gasteiger partial charge < -0.3 is 0 Å². The fraction of sp³-hybridized carbons (Fsp3) is 0.174. The number of benzene rings is 4. The summed E-state index contributed by atoms with van der Waals surface area (Å²) < 4.78 is 4.67. The van der Waals surface area contributed by atoms with E-state index >= 15 is 0 Å². The van der Waals surface area contributed by atoms with E-state index < -0.39 is 0 Å². The summed E-state index contributed by atoms with van der Waals surface area (Å²) in [4.78, 5) is 0. The van der Waals surface area contributed by atoms with E-state index in [0.29, 0.717) is 0 Å². The normalized spacial score (nSPS) is 17.1. The molecule has 0 fully saturated rings. The molecule has 0 amide bonds. The van der Waals surface area contributed by atoms with E-state index in [1.54, 1.807) is 0 Å². The SMILES string of the molecule is C1=CC2=C(C=C(C3=CC=C(n4c(-c5ccc(-c6ccc7ccccc7c6)cc5)nnc4-n4c5c(c6ccccc64)CCC=C5)CC3)CC2)CC1. The number of fused-ring (bicyclic) bond motifs is 4. The fourth-order valence-electron chi connectivity index (χ4n) is 8.48. The predicted octanol–water partition coefficient (Wildman–Crippen LogP) is 11.6. The van der Waals surface area contributed by atoms with Gasteiger partial charge in [-0.1, -0.05) is 109 Å². The molecular formula is C46H38N4. The summed E-state index contributed by atoms with van der Waals surface area (Å²) in [5, 5.41) is 13.8. The summed E-state index contributed by atoms with van der Waals surface area (Å²) in [5.41, 5.74) is 14.5. The van der Waals surface area contributed by atoms with Gasteiger partial charge in [0, 0.05) is 16.6 Å². The molecule has 0 unspecified atom stereocenters. The van der Waals surface area contributed by atoms with Crippen LogP contribution in [-0.4, -0.2) is 19.3 Å². The number of allylic oxidation sites excluding steroid dienone is 11. The Labute approximate surface area is 292 Å². The third-order valence-electron chi connectivity index (χ3n) is 11.1. The van der Waals surface area contributed by atoms with Gasteiger partial charge in [0.05, 0.1) is 11.2 Å². The molecule has 0 spiro atoms. The maximum atomic E-state index is 4.99. The maximum Gasteiger partial charge on any atom is 0.241 e. The highest BCUT2D eigenvalue weighted by atomic mass is 15.4. The topological polar surface area (TPSA) is 35.6 Å². The first kappa shape index (κ1) is 29.2. The predicted molar refractivity (Wildman–Crippen MR) is 207 cm³/mol. The van der Waals surface area contributed by atoms with Gasteiger partial charge in [0.2, 0.25) is 5.95 Å². The minimum atomic E-state index is 0.853. The first-order valence-electron chi connectivity index (χ1n) is 18.1. The Morgan fingerprint density at radius 1 is 0.540 bits per heavy atom. The summed E-state index contributed by atoms with van der Waals surface area (Å²) in [6.07, 6.45) is 25.1. The number of para-hydroxylation sites is 1. The van der Waals surface area contributed by atoms with Crippen molar-refractivity contribution in [3.05, 3.63) is 161 Å². The molecule has 4 heteroatoms. The number of hydrogen-bond donors (Lipinski definition) is 0. The fourth-order valence-corrected chi connectivity index (χ4v) is 8.48. The van der Waals surface area contributed by atoms with E-state index in [2.05, 4.69) is 143 Å². The highest BCUT2D eigenvalue weighted by Gasteiger charge is 2.26. The number of nitrogens with zero attached hydrogens (tertiary/aromatic N) is 4.